The van der Waals surface area contributed by atoms with Gasteiger partial charge in [0.2, 0.25) is 0 Å². The van der Waals surface area contributed by atoms with Gasteiger partial charge in [0.15, 0.2) is 5.69 Å². The molecule has 0 aliphatic rings. The molecule has 0 aliphatic heterocycles. The first-order valence-corrected chi connectivity index (χ1v) is 6.58. The predicted molar refractivity (Wildman–Crippen MR) is 74.3 cm³/mol. The van der Waals surface area contributed by atoms with Crippen molar-refractivity contribution >= 4 is 0 Å². The molecule has 2 heterocycles. The SMILES string of the molecule is Cc1ccnn1-c1nc(-c2ccc(F)cc2)cc(C(F)(F)F)n1. The summed E-state index contributed by atoms with van der Waals surface area (Å²) in [4.78, 5) is 7.66. The minimum Gasteiger partial charge on any atom is -0.211 e. The second-order valence-electron chi connectivity index (χ2n) is 4.83. The summed E-state index contributed by atoms with van der Waals surface area (Å²) in [5, 5.41) is 3.92. The molecule has 118 valence electrons. The molecule has 8 heteroatoms. The lowest BCUT2D eigenvalue weighted by molar-refractivity contribution is -0.141. The normalized spacial score (nSPS) is 11.7. The van der Waals surface area contributed by atoms with E-state index in [1.54, 1.807) is 13.0 Å². The third kappa shape index (κ3) is 3.05. The van der Waals surface area contributed by atoms with E-state index in [1.807, 2.05) is 0 Å². The van der Waals surface area contributed by atoms with E-state index >= 15 is 0 Å². The van der Waals surface area contributed by atoms with Crippen LogP contribution in [0.2, 0.25) is 0 Å². The number of rotatable bonds is 2. The van der Waals surface area contributed by atoms with Gasteiger partial charge < -0.3 is 0 Å². The molecule has 0 aliphatic carbocycles. The van der Waals surface area contributed by atoms with Crippen LogP contribution in [0.25, 0.3) is 17.2 Å². The molecule has 0 unspecified atom stereocenters. The molecular formula is C15H10F4N4. The molecule has 0 bridgehead atoms. The molecule has 3 aromatic rings. The van der Waals surface area contributed by atoms with Gasteiger partial charge in [-0.15, -0.1) is 0 Å². The largest absolute Gasteiger partial charge is 0.433 e. The first-order chi connectivity index (χ1) is 10.8. The van der Waals surface area contributed by atoms with Gasteiger partial charge in [-0.3, -0.25) is 0 Å². The fourth-order valence-electron chi connectivity index (χ4n) is 2.02. The number of benzene rings is 1. The van der Waals surface area contributed by atoms with Gasteiger partial charge >= 0.3 is 6.18 Å². The summed E-state index contributed by atoms with van der Waals surface area (Å²) in [6.45, 7) is 1.67. The van der Waals surface area contributed by atoms with E-state index in [0.717, 1.165) is 18.2 Å². The van der Waals surface area contributed by atoms with E-state index < -0.39 is 17.7 Å². The molecule has 0 amide bonds. The summed E-state index contributed by atoms with van der Waals surface area (Å²) in [5.41, 5.74) is -0.103. The number of hydrogen-bond donors (Lipinski definition) is 0. The van der Waals surface area contributed by atoms with Gasteiger partial charge in [0.25, 0.3) is 5.95 Å². The molecule has 2 aromatic heterocycles. The van der Waals surface area contributed by atoms with Crippen molar-refractivity contribution in [3.8, 4) is 17.2 Å². The van der Waals surface area contributed by atoms with Crippen LogP contribution in [0.1, 0.15) is 11.4 Å². The molecule has 0 atom stereocenters. The van der Waals surface area contributed by atoms with Crippen LogP contribution in [-0.2, 0) is 6.18 Å². The van der Waals surface area contributed by atoms with Crippen LogP contribution in [0.5, 0.6) is 0 Å². The highest BCUT2D eigenvalue weighted by Crippen LogP contribution is 2.31. The van der Waals surface area contributed by atoms with Crippen LogP contribution < -0.4 is 0 Å². The smallest absolute Gasteiger partial charge is 0.211 e. The molecule has 0 fully saturated rings. The second kappa shape index (κ2) is 5.45. The highest BCUT2D eigenvalue weighted by atomic mass is 19.4. The van der Waals surface area contributed by atoms with Crippen molar-refractivity contribution in [3.63, 3.8) is 0 Å². The van der Waals surface area contributed by atoms with E-state index in [1.165, 1.54) is 23.0 Å². The lowest BCUT2D eigenvalue weighted by Gasteiger charge is -2.11. The van der Waals surface area contributed by atoms with Crippen LogP contribution in [0.15, 0.2) is 42.6 Å². The Bertz CT molecular complexity index is 837. The van der Waals surface area contributed by atoms with Gasteiger partial charge in [0.05, 0.1) is 5.69 Å². The zero-order valence-electron chi connectivity index (χ0n) is 11.8. The molecule has 4 nitrogen and oxygen atoms in total. The van der Waals surface area contributed by atoms with E-state index in [2.05, 4.69) is 15.1 Å². The van der Waals surface area contributed by atoms with Gasteiger partial charge in [0.1, 0.15) is 5.82 Å². The monoisotopic (exact) mass is 322 g/mol. The Balaban J connectivity index is 2.20. The van der Waals surface area contributed by atoms with E-state index in [-0.39, 0.29) is 11.6 Å². The maximum absolute atomic E-state index is 13.1. The number of nitrogens with zero attached hydrogens (tertiary/aromatic N) is 4. The Morgan fingerprint density at radius 2 is 1.70 bits per heavy atom. The van der Waals surface area contributed by atoms with Crippen LogP contribution in [-0.4, -0.2) is 19.7 Å². The lowest BCUT2D eigenvalue weighted by Crippen LogP contribution is -2.14. The predicted octanol–water partition coefficient (Wildman–Crippen LogP) is 3.80. The molecule has 23 heavy (non-hydrogen) atoms. The molecule has 3 rings (SSSR count). The van der Waals surface area contributed by atoms with Crippen molar-refractivity contribution in [1.82, 2.24) is 19.7 Å². The van der Waals surface area contributed by atoms with Crippen LogP contribution in [0.3, 0.4) is 0 Å². The van der Waals surface area contributed by atoms with Crippen molar-refractivity contribution in [3.05, 3.63) is 59.8 Å². The Kier molecular flexibility index (Phi) is 3.59. The van der Waals surface area contributed by atoms with Crippen molar-refractivity contribution < 1.29 is 17.6 Å². The second-order valence-corrected chi connectivity index (χ2v) is 4.83. The quantitative estimate of drug-likeness (QED) is 0.674. The van der Waals surface area contributed by atoms with E-state index in [0.29, 0.717) is 11.3 Å². The highest BCUT2D eigenvalue weighted by Gasteiger charge is 2.34. The zero-order valence-corrected chi connectivity index (χ0v) is 11.8. The maximum atomic E-state index is 13.1. The number of halogens is 4. The number of aryl methyl sites for hydroxylation is 1. The van der Waals surface area contributed by atoms with Crippen molar-refractivity contribution in [2.45, 2.75) is 13.1 Å². The number of hydrogen-bond acceptors (Lipinski definition) is 3. The molecule has 1 aromatic carbocycles. The first-order valence-electron chi connectivity index (χ1n) is 6.58. The van der Waals surface area contributed by atoms with Crippen LogP contribution in [0.4, 0.5) is 17.6 Å². The maximum Gasteiger partial charge on any atom is 0.433 e. The molecule has 0 N–H and O–H groups in total. The van der Waals surface area contributed by atoms with Gasteiger partial charge in [-0.2, -0.15) is 18.3 Å². The van der Waals surface area contributed by atoms with E-state index in [9.17, 15) is 17.6 Å². The number of aromatic nitrogens is 4. The summed E-state index contributed by atoms with van der Waals surface area (Å²) in [5.74, 6) is -0.677. The van der Waals surface area contributed by atoms with Crippen molar-refractivity contribution in [2.24, 2.45) is 0 Å². The molecule has 0 spiro atoms. The Morgan fingerprint density at radius 3 is 2.26 bits per heavy atom. The summed E-state index contributed by atoms with van der Waals surface area (Å²) in [6, 6.07) is 7.49. The minimum atomic E-state index is -4.63. The third-order valence-corrected chi connectivity index (χ3v) is 3.17. The number of alkyl halides is 3. The average Bonchev–Trinajstić information content (AvgIpc) is 2.93. The van der Waals surface area contributed by atoms with Crippen LogP contribution in [0, 0.1) is 12.7 Å². The summed E-state index contributed by atoms with van der Waals surface area (Å²) < 4.78 is 53.5. The zero-order chi connectivity index (χ0) is 16.6. The van der Waals surface area contributed by atoms with Gasteiger partial charge in [-0.25, -0.2) is 19.0 Å². The summed E-state index contributed by atoms with van der Waals surface area (Å²) in [6.07, 6.45) is -3.19. The van der Waals surface area contributed by atoms with Crippen molar-refractivity contribution in [1.29, 1.82) is 0 Å². The minimum absolute atomic E-state index is 0.0391. The topological polar surface area (TPSA) is 43.6 Å². The Morgan fingerprint density at radius 1 is 1.00 bits per heavy atom. The standard InChI is InChI=1S/C15H10F4N4/c1-9-6-7-20-23(9)14-21-12(8-13(22-14)15(17,18)19)10-2-4-11(16)5-3-10/h2-8H,1H3. The van der Waals surface area contributed by atoms with E-state index in [4.69, 9.17) is 0 Å². The fourth-order valence-corrected chi connectivity index (χ4v) is 2.02. The third-order valence-electron chi connectivity index (χ3n) is 3.17. The van der Waals surface area contributed by atoms with Gasteiger partial charge in [0, 0.05) is 17.5 Å². The lowest BCUT2D eigenvalue weighted by atomic mass is 10.1. The molecule has 0 radical (unpaired) electrons. The summed E-state index contributed by atoms with van der Waals surface area (Å²) in [7, 11) is 0. The molecular weight excluding hydrogens is 312 g/mol. The first kappa shape index (κ1) is 15.1. The Hall–Kier alpha value is -2.77. The molecule has 0 saturated heterocycles. The fraction of sp³-hybridized carbons (Fsp3) is 0.133. The van der Waals surface area contributed by atoms with Crippen molar-refractivity contribution in [2.75, 3.05) is 0 Å². The average molecular weight is 322 g/mol. The highest BCUT2D eigenvalue weighted by molar-refractivity contribution is 5.60. The Labute approximate surface area is 128 Å². The molecule has 0 saturated carbocycles. The van der Waals surface area contributed by atoms with Gasteiger partial charge in [-0.1, -0.05) is 0 Å². The van der Waals surface area contributed by atoms with Gasteiger partial charge in [-0.05, 0) is 43.3 Å². The van der Waals surface area contributed by atoms with Crippen LogP contribution >= 0.6 is 0 Å². The summed E-state index contributed by atoms with van der Waals surface area (Å²) >= 11 is 0.